The summed E-state index contributed by atoms with van der Waals surface area (Å²) in [6.45, 7) is 6.28. The average molecular weight is 285 g/mol. The van der Waals surface area contributed by atoms with Gasteiger partial charge in [0.05, 0.1) is 0 Å². The summed E-state index contributed by atoms with van der Waals surface area (Å²) in [7, 11) is 0. The van der Waals surface area contributed by atoms with Crippen molar-refractivity contribution in [2.24, 2.45) is 0 Å². The number of amides is 1. The Labute approximate surface area is 123 Å². The molecule has 0 aliphatic carbocycles. The van der Waals surface area contributed by atoms with E-state index in [0.29, 0.717) is 13.0 Å². The Kier molecular flexibility index (Phi) is 11.1. The summed E-state index contributed by atoms with van der Waals surface area (Å²) in [5.74, 6) is 0. The highest BCUT2D eigenvalue weighted by atomic mass is 16.6. The van der Waals surface area contributed by atoms with Gasteiger partial charge in [0, 0.05) is 13.0 Å². The van der Waals surface area contributed by atoms with Crippen molar-refractivity contribution in [3.8, 4) is 0 Å². The van der Waals surface area contributed by atoms with Crippen LogP contribution in [0.15, 0.2) is 0 Å². The lowest BCUT2D eigenvalue weighted by Gasteiger charge is -2.19. The SMILES string of the molecule is CC(C)(C)OC(=O)NCCCCCCCCCCC=O. The lowest BCUT2D eigenvalue weighted by atomic mass is 10.1. The zero-order chi connectivity index (χ0) is 15.3. The zero-order valence-electron chi connectivity index (χ0n) is 13.4. The molecule has 0 heterocycles. The number of nitrogens with one attached hydrogen (secondary N) is 1. The molecular weight excluding hydrogens is 254 g/mol. The Morgan fingerprint density at radius 3 is 1.95 bits per heavy atom. The van der Waals surface area contributed by atoms with Crippen molar-refractivity contribution < 1.29 is 14.3 Å². The van der Waals surface area contributed by atoms with Crippen LogP contribution in [0.2, 0.25) is 0 Å². The molecule has 0 spiro atoms. The topological polar surface area (TPSA) is 55.4 Å². The molecule has 0 aromatic rings. The van der Waals surface area contributed by atoms with Crippen molar-refractivity contribution in [3.05, 3.63) is 0 Å². The summed E-state index contributed by atoms with van der Waals surface area (Å²) in [4.78, 5) is 21.5. The van der Waals surface area contributed by atoms with Gasteiger partial charge in [0.2, 0.25) is 0 Å². The van der Waals surface area contributed by atoms with Crippen molar-refractivity contribution in [2.75, 3.05) is 6.54 Å². The maximum Gasteiger partial charge on any atom is 0.407 e. The van der Waals surface area contributed by atoms with Gasteiger partial charge in [-0.25, -0.2) is 4.79 Å². The molecule has 0 aliphatic heterocycles. The fourth-order valence-corrected chi connectivity index (χ4v) is 1.92. The van der Waals surface area contributed by atoms with Gasteiger partial charge in [0.1, 0.15) is 11.9 Å². The van der Waals surface area contributed by atoms with Crippen LogP contribution in [0.3, 0.4) is 0 Å². The second-order valence-electron chi connectivity index (χ2n) is 6.21. The first-order valence-corrected chi connectivity index (χ1v) is 7.86. The number of ether oxygens (including phenoxy) is 1. The van der Waals surface area contributed by atoms with Crippen molar-refractivity contribution in [1.29, 1.82) is 0 Å². The third-order valence-electron chi connectivity index (χ3n) is 2.92. The predicted molar refractivity (Wildman–Crippen MR) is 81.9 cm³/mol. The fraction of sp³-hybridized carbons (Fsp3) is 0.875. The van der Waals surface area contributed by atoms with Crippen LogP contribution in [0.4, 0.5) is 4.79 Å². The number of carbonyl (C=O) groups excluding carboxylic acids is 2. The third kappa shape index (κ3) is 15.0. The number of hydrogen-bond acceptors (Lipinski definition) is 3. The molecule has 1 amide bonds. The zero-order valence-corrected chi connectivity index (χ0v) is 13.4. The van der Waals surface area contributed by atoms with Gasteiger partial charge in [0.25, 0.3) is 0 Å². The number of unbranched alkanes of at least 4 members (excludes halogenated alkanes) is 8. The van der Waals surface area contributed by atoms with Gasteiger partial charge in [-0.05, 0) is 33.6 Å². The molecule has 0 rings (SSSR count). The molecule has 0 aromatic heterocycles. The minimum atomic E-state index is -0.423. The van der Waals surface area contributed by atoms with Gasteiger partial charge in [-0.2, -0.15) is 0 Å². The van der Waals surface area contributed by atoms with Gasteiger partial charge in [0.15, 0.2) is 0 Å². The molecule has 1 N–H and O–H groups in total. The molecule has 20 heavy (non-hydrogen) atoms. The van der Waals surface area contributed by atoms with Crippen LogP contribution >= 0.6 is 0 Å². The summed E-state index contributed by atoms with van der Waals surface area (Å²) in [5, 5.41) is 2.77. The van der Waals surface area contributed by atoms with Crippen molar-refractivity contribution in [2.45, 2.75) is 84.2 Å². The average Bonchev–Trinajstić information content (AvgIpc) is 2.34. The minimum absolute atomic E-state index is 0.326. The van der Waals surface area contributed by atoms with Gasteiger partial charge in [-0.15, -0.1) is 0 Å². The number of alkyl carbamates (subject to hydrolysis) is 1. The van der Waals surface area contributed by atoms with E-state index < -0.39 is 5.60 Å². The molecule has 118 valence electrons. The van der Waals surface area contributed by atoms with Gasteiger partial charge in [-0.3, -0.25) is 0 Å². The largest absolute Gasteiger partial charge is 0.444 e. The summed E-state index contributed by atoms with van der Waals surface area (Å²) in [6.07, 6.45) is 10.7. The van der Waals surface area contributed by atoms with Crippen molar-refractivity contribution in [1.82, 2.24) is 5.32 Å². The van der Waals surface area contributed by atoms with E-state index in [1.807, 2.05) is 20.8 Å². The summed E-state index contributed by atoms with van der Waals surface area (Å²) in [5.41, 5.74) is -0.423. The number of carbonyl (C=O) groups is 2. The summed E-state index contributed by atoms with van der Waals surface area (Å²) in [6, 6.07) is 0. The van der Waals surface area contributed by atoms with E-state index in [0.717, 1.165) is 25.5 Å². The summed E-state index contributed by atoms with van der Waals surface area (Å²) >= 11 is 0. The van der Waals surface area contributed by atoms with E-state index in [1.165, 1.54) is 32.1 Å². The molecule has 4 nitrogen and oxygen atoms in total. The molecule has 0 bridgehead atoms. The fourth-order valence-electron chi connectivity index (χ4n) is 1.92. The monoisotopic (exact) mass is 285 g/mol. The van der Waals surface area contributed by atoms with E-state index in [-0.39, 0.29) is 6.09 Å². The predicted octanol–water partition coefficient (Wildman–Crippen LogP) is 4.22. The van der Waals surface area contributed by atoms with Crippen LogP contribution in [-0.2, 0) is 9.53 Å². The summed E-state index contributed by atoms with van der Waals surface area (Å²) < 4.78 is 5.15. The smallest absolute Gasteiger partial charge is 0.407 e. The first-order valence-electron chi connectivity index (χ1n) is 7.86. The van der Waals surface area contributed by atoms with E-state index in [4.69, 9.17) is 4.74 Å². The van der Waals surface area contributed by atoms with Gasteiger partial charge in [-0.1, -0.05) is 38.5 Å². The van der Waals surface area contributed by atoms with E-state index in [1.54, 1.807) is 0 Å². The standard InChI is InChI=1S/C16H31NO3/c1-16(2,3)20-15(19)17-13-11-9-7-5-4-6-8-10-12-14-18/h14H,4-13H2,1-3H3,(H,17,19). The molecule has 0 atom stereocenters. The molecule has 0 radical (unpaired) electrons. The highest BCUT2D eigenvalue weighted by Gasteiger charge is 2.15. The lowest BCUT2D eigenvalue weighted by Crippen LogP contribution is -2.32. The quantitative estimate of drug-likeness (QED) is 0.457. The van der Waals surface area contributed by atoms with Crippen LogP contribution in [0.5, 0.6) is 0 Å². The number of aldehydes is 1. The Bertz CT molecular complexity index is 259. The van der Waals surface area contributed by atoms with Crippen LogP contribution in [-0.4, -0.2) is 24.5 Å². The molecule has 4 heteroatoms. The molecule has 0 aromatic carbocycles. The number of hydrogen-bond donors (Lipinski definition) is 1. The third-order valence-corrected chi connectivity index (χ3v) is 2.92. The molecule has 0 unspecified atom stereocenters. The van der Waals surface area contributed by atoms with Crippen molar-refractivity contribution in [3.63, 3.8) is 0 Å². The molecule has 0 fully saturated rings. The second-order valence-corrected chi connectivity index (χ2v) is 6.21. The van der Waals surface area contributed by atoms with Gasteiger partial charge < -0.3 is 14.8 Å². The van der Waals surface area contributed by atoms with Crippen LogP contribution in [0.25, 0.3) is 0 Å². The second kappa shape index (κ2) is 11.7. The van der Waals surface area contributed by atoms with E-state index in [2.05, 4.69) is 5.32 Å². The minimum Gasteiger partial charge on any atom is -0.444 e. The van der Waals surface area contributed by atoms with Crippen LogP contribution in [0.1, 0.15) is 78.6 Å². The van der Waals surface area contributed by atoms with Gasteiger partial charge >= 0.3 is 6.09 Å². The van der Waals surface area contributed by atoms with Crippen LogP contribution in [0, 0.1) is 0 Å². The Hall–Kier alpha value is -1.06. The first kappa shape index (κ1) is 18.9. The number of rotatable bonds is 11. The lowest BCUT2D eigenvalue weighted by molar-refractivity contribution is -0.107. The van der Waals surface area contributed by atoms with E-state index in [9.17, 15) is 9.59 Å². The highest BCUT2D eigenvalue weighted by Crippen LogP contribution is 2.09. The highest BCUT2D eigenvalue weighted by molar-refractivity contribution is 5.67. The molecule has 0 saturated carbocycles. The van der Waals surface area contributed by atoms with E-state index >= 15 is 0 Å². The maximum atomic E-state index is 11.4. The maximum absolute atomic E-state index is 11.4. The van der Waals surface area contributed by atoms with Crippen LogP contribution < -0.4 is 5.32 Å². The molecular formula is C16H31NO3. The molecule has 0 aliphatic rings. The Morgan fingerprint density at radius 2 is 1.45 bits per heavy atom. The Morgan fingerprint density at radius 1 is 0.950 bits per heavy atom. The Balaban J connectivity index is 3.20. The molecule has 0 saturated heterocycles. The first-order chi connectivity index (χ1) is 9.45. The normalized spacial score (nSPS) is 11.2. The van der Waals surface area contributed by atoms with Crippen molar-refractivity contribution >= 4 is 12.4 Å².